The summed E-state index contributed by atoms with van der Waals surface area (Å²) < 4.78 is 0.242. The van der Waals surface area contributed by atoms with Crippen LogP contribution in [-0.4, -0.2) is 4.75 Å². The van der Waals surface area contributed by atoms with Gasteiger partial charge in [-0.1, -0.05) is 67.2 Å². The Morgan fingerprint density at radius 3 is 2.85 bits per heavy atom. The highest BCUT2D eigenvalue weighted by atomic mass is 32.2. The second-order valence-corrected chi connectivity index (χ2v) is 7.70. The molecule has 3 rings (SSSR count). The van der Waals surface area contributed by atoms with Crippen LogP contribution in [0.25, 0.3) is 0 Å². The second-order valence-electron chi connectivity index (χ2n) is 6.15. The third-order valence-corrected chi connectivity index (χ3v) is 6.07. The van der Waals surface area contributed by atoms with Crippen LogP contribution >= 0.6 is 11.8 Å². The van der Waals surface area contributed by atoms with E-state index in [1.54, 1.807) is 0 Å². The van der Waals surface area contributed by atoms with Gasteiger partial charge in [-0.15, -0.1) is 11.8 Å². The van der Waals surface area contributed by atoms with Crippen LogP contribution in [-0.2, 0) is 0 Å². The van der Waals surface area contributed by atoms with Crippen molar-refractivity contribution in [2.75, 3.05) is 0 Å². The lowest BCUT2D eigenvalue weighted by Gasteiger charge is -2.29. The fourth-order valence-corrected chi connectivity index (χ4v) is 4.73. The smallest absolute Gasteiger partial charge is 0.0426 e. The Balaban J connectivity index is 1.85. The highest BCUT2D eigenvalue weighted by Crippen LogP contribution is 2.56. The largest absolute Gasteiger partial charge is 0.119 e. The molecule has 0 radical (unpaired) electrons. The minimum atomic E-state index is 0.242. The first-order valence-electron chi connectivity index (χ1n) is 7.39. The topological polar surface area (TPSA) is 0 Å². The second kappa shape index (κ2) is 5.29. The SMILES string of the molecule is CC1=CC2C(C)/C(=C\C=C3\C=CC=CC3)S[C@@]2(C)C=C1. The average Bonchev–Trinajstić information content (AvgIpc) is 2.70. The molecular formula is C19H22S. The minimum absolute atomic E-state index is 0.242. The molecule has 0 bridgehead atoms. The number of rotatable bonds is 1. The molecule has 0 saturated carbocycles. The predicted octanol–water partition coefficient (Wildman–Crippen LogP) is 5.59. The van der Waals surface area contributed by atoms with E-state index in [2.05, 4.69) is 75.5 Å². The molecule has 104 valence electrons. The zero-order valence-corrected chi connectivity index (χ0v) is 13.3. The lowest BCUT2D eigenvalue weighted by Crippen LogP contribution is -2.27. The zero-order chi connectivity index (χ0) is 14.2. The summed E-state index contributed by atoms with van der Waals surface area (Å²) in [6.45, 7) is 6.94. The third kappa shape index (κ3) is 2.52. The molecule has 1 saturated heterocycles. The molecule has 1 heterocycles. The molecule has 1 aliphatic heterocycles. The lowest BCUT2D eigenvalue weighted by atomic mass is 9.79. The van der Waals surface area contributed by atoms with Crippen molar-refractivity contribution in [2.45, 2.75) is 31.9 Å². The van der Waals surface area contributed by atoms with Gasteiger partial charge in [0.05, 0.1) is 0 Å². The Labute approximate surface area is 126 Å². The van der Waals surface area contributed by atoms with E-state index in [9.17, 15) is 0 Å². The van der Waals surface area contributed by atoms with Crippen molar-refractivity contribution in [1.82, 2.24) is 0 Å². The average molecular weight is 282 g/mol. The Kier molecular flexibility index (Phi) is 3.64. The van der Waals surface area contributed by atoms with Crippen molar-refractivity contribution in [3.8, 4) is 0 Å². The summed E-state index contributed by atoms with van der Waals surface area (Å²) in [6, 6.07) is 0. The number of thioether (sulfide) groups is 1. The molecule has 0 nitrogen and oxygen atoms in total. The molecule has 20 heavy (non-hydrogen) atoms. The van der Waals surface area contributed by atoms with Crippen LogP contribution in [0.4, 0.5) is 0 Å². The van der Waals surface area contributed by atoms with Crippen molar-refractivity contribution < 1.29 is 0 Å². The van der Waals surface area contributed by atoms with Gasteiger partial charge in [0.25, 0.3) is 0 Å². The maximum atomic E-state index is 2.45. The van der Waals surface area contributed by atoms with E-state index in [4.69, 9.17) is 0 Å². The van der Waals surface area contributed by atoms with E-state index in [0.717, 1.165) is 6.42 Å². The molecule has 1 fully saturated rings. The summed E-state index contributed by atoms with van der Waals surface area (Å²) in [4.78, 5) is 1.52. The molecular weight excluding hydrogens is 260 g/mol. The van der Waals surface area contributed by atoms with E-state index in [0.29, 0.717) is 11.8 Å². The van der Waals surface area contributed by atoms with E-state index in [1.165, 1.54) is 16.1 Å². The Morgan fingerprint density at radius 1 is 1.25 bits per heavy atom. The first-order valence-corrected chi connectivity index (χ1v) is 8.21. The van der Waals surface area contributed by atoms with Gasteiger partial charge in [-0.05, 0) is 36.7 Å². The van der Waals surface area contributed by atoms with Crippen molar-refractivity contribution in [2.24, 2.45) is 11.8 Å². The summed E-state index contributed by atoms with van der Waals surface area (Å²) in [5.74, 6) is 1.24. The van der Waals surface area contributed by atoms with Crippen molar-refractivity contribution in [3.63, 3.8) is 0 Å². The molecule has 3 atom stereocenters. The molecule has 0 aromatic carbocycles. The number of allylic oxidation sites excluding steroid dienone is 11. The summed E-state index contributed by atoms with van der Waals surface area (Å²) in [5, 5.41) is 0. The van der Waals surface area contributed by atoms with Crippen molar-refractivity contribution in [3.05, 3.63) is 70.7 Å². The first kappa shape index (κ1) is 13.8. The molecule has 0 spiro atoms. The summed E-state index contributed by atoms with van der Waals surface area (Å²) >= 11 is 2.04. The van der Waals surface area contributed by atoms with Gasteiger partial charge in [-0.2, -0.15) is 0 Å². The molecule has 2 unspecified atom stereocenters. The number of hydrogen-bond donors (Lipinski definition) is 0. The minimum Gasteiger partial charge on any atom is -0.119 e. The van der Waals surface area contributed by atoms with Crippen LogP contribution in [0.2, 0.25) is 0 Å². The highest BCUT2D eigenvalue weighted by Gasteiger charge is 2.45. The Hall–Kier alpha value is -1.21. The first-order chi connectivity index (χ1) is 9.58. The van der Waals surface area contributed by atoms with Gasteiger partial charge in [0, 0.05) is 10.7 Å². The van der Waals surface area contributed by atoms with Gasteiger partial charge >= 0.3 is 0 Å². The predicted molar refractivity (Wildman–Crippen MR) is 90.6 cm³/mol. The van der Waals surface area contributed by atoms with Crippen molar-refractivity contribution in [1.29, 1.82) is 0 Å². The van der Waals surface area contributed by atoms with Crippen LogP contribution in [0.1, 0.15) is 27.2 Å². The Bertz CT molecular complexity index is 583. The molecule has 3 aliphatic rings. The van der Waals surface area contributed by atoms with Crippen LogP contribution in [0.15, 0.2) is 70.7 Å². The van der Waals surface area contributed by atoms with Gasteiger partial charge in [0.2, 0.25) is 0 Å². The maximum absolute atomic E-state index is 2.45. The van der Waals surface area contributed by atoms with Gasteiger partial charge in [-0.25, -0.2) is 0 Å². The Morgan fingerprint density at radius 2 is 2.10 bits per heavy atom. The van der Waals surface area contributed by atoms with Gasteiger partial charge in [0.15, 0.2) is 0 Å². The molecule has 1 heteroatoms. The number of hydrogen-bond acceptors (Lipinski definition) is 1. The molecule has 0 aromatic rings. The standard InChI is InChI=1S/C19H22S/c1-14-11-12-19(3)17(13-14)15(2)18(20-19)10-9-16-7-5-4-6-8-16/h4-7,9-13,15,17H,8H2,1-3H3/b16-9-,18-10+/t15?,17?,19-/m0/s1. The normalized spacial score (nSPS) is 39.5. The molecule has 0 aromatic heterocycles. The molecule has 0 N–H and O–H groups in total. The fraction of sp³-hybridized carbons (Fsp3) is 0.368. The van der Waals surface area contributed by atoms with Crippen LogP contribution in [0, 0.1) is 11.8 Å². The van der Waals surface area contributed by atoms with Crippen LogP contribution in [0.3, 0.4) is 0 Å². The zero-order valence-electron chi connectivity index (χ0n) is 12.5. The lowest BCUT2D eigenvalue weighted by molar-refractivity contribution is 0.462. The van der Waals surface area contributed by atoms with Gasteiger partial charge in [0.1, 0.15) is 0 Å². The van der Waals surface area contributed by atoms with Gasteiger partial charge in [-0.3, -0.25) is 0 Å². The quantitative estimate of drug-likeness (QED) is 0.604. The maximum Gasteiger partial charge on any atom is 0.0426 e. The summed E-state index contributed by atoms with van der Waals surface area (Å²) in [5.41, 5.74) is 2.80. The van der Waals surface area contributed by atoms with Crippen LogP contribution in [0.5, 0.6) is 0 Å². The summed E-state index contributed by atoms with van der Waals surface area (Å²) in [7, 11) is 0. The van der Waals surface area contributed by atoms with E-state index < -0.39 is 0 Å². The third-order valence-electron chi connectivity index (χ3n) is 4.48. The molecule has 0 amide bonds. The number of fused-ring (bicyclic) bond motifs is 1. The van der Waals surface area contributed by atoms with Crippen LogP contribution < -0.4 is 0 Å². The van der Waals surface area contributed by atoms with E-state index in [-0.39, 0.29) is 4.75 Å². The fourth-order valence-electron chi connectivity index (χ4n) is 3.21. The van der Waals surface area contributed by atoms with E-state index >= 15 is 0 Å². The van der Waals surface area contributed by atoms with Gasteiger partial charge < -0.3 is 0 Å². The van der Waals surface area contributed by atoms with E-state index in [1.807, 2.05) is 11.8 Å². The summed E-state index contributed by atoms with van der Waals surface area (Å²) in [6.07, 6.45) is 21.5. The van der Waals surface area contributed by atoms with Crippen molar-refractivity contribution >= 4 is 11.8 Å². The highest BCUT2D eigenvalue weighted by molar-refractivity contribution is 8.04. The monoisotopic (exact) mass is 282 g/mol. The molecule has 2 aliphatic carbocycles.